The summed E-state index contributed by atoms with van der Waals surface area (Å²) in [6.45, 7) is 2.98. The lowest BCUT2D eigenvalue weighted by molar-refractivity contribution is 0.103. The van der Waals surface area contributed by atoms with E-state index < -0.39 is 0 Å². The summed E-state index contributed by atoms with van der Waals surface area (Å²) < 4.78 is 2.13. The molecule has 2 aromatic heterocycles. The van der Waals surface area contributed by atoms with E-state index in [1.165, 1.54) is 0 Å². The molecule has 0 saturated heterocycles. The van der Waals surface area contributed by atoms with Crippen molar-refractivity contribution in [2.45, 2.75) is 13.5 Å². The zero-order chi connectivity index (χ0) is 13.2. The number of fused-ring (bicyclic) bond motifs is 1. The third kappa shape index (κ3) is 2.03. The Labute approximate surface area is 111 Å². The molecule has 0 spiro atoms. The van der Waals surface area contributed by atoms with Crippen molar-refractivity contribution in [2.75, 3.05) is 0 Å². The highest BCUT2D eigenvalue weighted by molar-refractivity contribution is 6.09. The minimum atomic E-state index is -0.0358. The van der Waals surface area contributed by atoms with E-state index in [2.05, 4.69) is 22.5 Å². The average Bonchev–Trinajstić information content (AvgIpc) is 2.89. The number of ketones is 1. The monoisotopic (exact) mass is 250 g/mol. The third-order valence-corrected chi connectivity index (χ3v) is 3.27. The zero-order valence-corrected chi connectivity index (χ0v) is 10.7. The van der Waals surface area contributed by atoms with Gasteiger partial charge in [0.05, 0.1) is 0 Å². The highest BCUT2D eigenvalue weighted by atomic mass is 16.1. The van der Waals surface area contributed by atoms with Crippen molar-refractivity contribution in [3.63, 3.8) is 0 Å². The lowest BCUT2D eigenvalue weighted by Gasteiger charge is -2.04. The molecule has 2 heterocycles. The number of benzene rings is 1. The SMILES string of the molecule is CCn1ccc2ccc(C(=O)c3ccccn3)cc21. The van der Waals surface area contributed by atoms with Gasteiger partial charge in [0, 0.05) is 30.0 Å². The van der Waals surface area contributed by atoms with Crippen molar-refractivity contribution in [3.05, 3.63) is 66.1 Å². The van der Waals surface area contributed by atoms with Crippen LogP contribution in [0.2, 0.25) is 0 Å². The fourth-order valence-electron chi connectivity index (χ4n) is 2.25. The molecule has 3 rings (SSSR count). The van der Waals surface area contributed by atoms with Crippen LogP contribution in [0.5, 0.6) is 0 Å². The summed E-state index contributed by atoms with van der Waals surface area (Å²) in [5.74, 6) is -0.0358. The van der Waals surface area contributed by atoms with Crippen LogP contribution in [-0.4, -0.2) is 15.3 Å². The molecule has 0 saturated carbocycles. The van der Waals surface area contributed by atoms with Gasteiger partial charge < -0.3 is 4.57 Å². The maximum absolute atomic E-state index is 12.3. The number of aromatic nitrogens is 2. The number of hydrogen-bond donors (Lipinski definition) is 0. The summed E-state index contributed by atoms with van der Waals surface area (Å²) in [6.07, 6.45) is 3.68. The quantitative estimate of drug-likeness (QED) is 0.668. The van der Waals surface area contributed by atoms with Crippen LogP contribution in [-0.2, 0) is 6.54 Å². The lowest BCUT2D eigenvalue weighted by Crippen LogP contribution is -2.03. The van der Waals surface area contributed by atoms with Gasteiger partial charge in [-0.3, -0.25) is 9.78 Å². The number of carbonyl (C=O) groups excluding carboxylic acids is 1. The molecule has 3 heteroatoms. The van der Waals surface area contributed by atoms with Crippen LogP contribution in [0.3, 0.4) is 0 Å². The molecule has 0 atom stereocenters. The predicted molar refractivity (Wildman–Crippen MR) is 75.3 cm³/mol. The molecule has 1 aromatic carbocycles. The standard InChI is InChI=1S/C16H14N2O/c1-2-18-10-8-12-6-7-13(11-15(12)18)16(19)14-5-3-4-9-17-14/h3-11H,2H2,1H3. The van der Waals surface area contributed by atoms with Crippen LogP contribution in [0.25, 0.3) is 10.9 Å². The summed E-state index contributed by atoms with van der Waals surface area (Å²) in [4.78, 5) is 16.4. The van der Waals surface area contributed by atoms with Gasteiger partial charge in [-0.25, -0.2) is 0 Å². The number of pyridine rings is 1. The van der Waals surface area contributed by atoms with E-state index in [0.29, 0.717) is 11.3 Å². The van der Waals surface area contributed by atoms with Gasteiger partial charge in [-0.1, -0.05) is 18.2 Å². The molecule has 0 fully saturated rings. The van der Waals surface area contributed by atoms with Gasteiger partial charge >= 0.3 is 0 Å². The van der Waals surface area contributed by atoms with Crippen molar-refractivity contribution in [3.8, 4) is 0 Å². The Morgan fingerprint density at radius 1 is 1.21 bits per heavy atom. The number of nitrogens with zero attached hydrogens (tertiary/aromatic N) is 2. The summed E-state index contributed by atoms with van der Waals surface area (Å²) in [5, 5.41) is 1.15. The molecular weight excluding hydrogens is 236 g/mol. The van der Waals surface area contributed by atoms with Crippen LogP contribution in [0.15, 0.2) is 54.9 Å². The topological polar surface area (TPSA) is 34.9 Å². The van der Waals surface area contributed by atoms with Crippen molar-refractivity contribution in [1.29, 1.82) is 0 Å². The molecule has 0 aliphatic heterocycles. The minimum Gasteiger partial charge on any atom is -0.348 e. The first-order chi connectivity index (χ1) is 9.29. The largest absolute Gasteiger partial charge is 0.348 e. The number of carbonyl (C=O) groups is 1. The smallest absolute Gasteiger partial charge is 0.211 e. The number of hydrogen-bond acceptors (Lipinski definition) is 2. The molecule has 94 valence electrons. The number of rotatable bonds is 3. The average molecular weight is 250 g/mol. The Hall–Kier alpha value is -2.42. The van der Waals surface area contributed by atoms with Crippen molar-refractivity contribution < 1.29 is 4.79 Å². The second-order valence-corrected chi connectivity index (χ2v) is 4.42. The van der Waals surface area contributed by atoms with Gasteiger partial charge in [0.1, 0.15) is 5.69 Å². The van der Waals surface area contributed by atoms with Crippen molar-refractivity contribution in [2.24, 2.45) is 0 Å². The summed E-state index contributed by atoms with van der Waals surface area (Å²) in [7, 11) is 0. The van der Waals surface area contributed by atoms with E-state index in [0.717, 1.165) is 17.4 Å². The molecule has 0 amide bonds. The van der Waals surface area contributed by atoms with Crippen LogP contribution in [0.4, 0.5) is 0 Å². The van der Waals surface area contributed by atoms with E-state index in [9.17, 15) is 4.79 Å². The van der Waals surface area contributed by atoms with Crippen molar-refractivity contribution in [1.82, 2.24) is 9.55 Å². The highest BCUT2D eigenvalue weighted by Crippen LogP contribution is 2.19. The molecule has 0 N–H and O–H groups in total. The predicted octanol–water partition coefficient (Wildman–Crippen LogP) is 3.29. The highest BCUT2D eigenvalue weighted by Gasteiger charge is 2.11. The van der Waals surface area contributed by atoms with E-state index in [-0.39, 0.29) is 5.78 Å². The fraction of sp³-hybridized carbons (Fsp3) is 0.125. The van der Waals surface area contributed by atoms with Crippen LogP contribution in [0.1, 0.15) is 23.0 Å². The molecule has 0 bridgehead atoms. The van der Waals surface area contributed by atoms with Gasteiger partial charge in [0.2, 0.25) is 5.78 Å². The molecular formula is C16H14N2O. The molecule has 0 radical (unpaired) electrons. The summed E-state index contributed by atoms with van der Waals surface area (Å²) in [6, 6.07) is 13.2. The van der Waals surface area contributed by atoms with E-state index >= 15 is 0 Å². The second-order valence-electron chi connectivity index (χ2n) is 4.42. The maximum atomic E-state index is 12.3. The van der Waals surface area contributed by atoms with E-state index in [4.69, 9.17) is 0 Å². The normalized spacial score (nSPS) is 10.8. The van der Waals surface area contributed by atoms with Gasteiger partial charge in [-0.2, -0.15) is 0 Å². The Morgan fingerprint density at radius 3 is 2.84 bits per heavy atom. The Bertz CT molecular complexity index is 729. The van der Waals surface area contributed by atoms with Gasteiger partial charge in [0.15, 0.2) is 0 Å². The maximum Gasteiger partial charge on any atom is 0.211 e. The first-order valence-corrected chi connectivity index (χ1v) is 6.34. The minimum absolute atomic E-state index is 0.0358. The van der Waals surface area contributed by atoms with Gasteiger partial charge in [-0.15, -0.1) is 0 Å². The fourth-order valence-corrected chi connectivity index (χ4v) is 2.25. The van der Waals surface area contributed by atoms with E-state index in [1.807, 2.05) is 36.5 Å². The molecule has 3 nitrogen and oxygen atoms in total. The van der Waals surface area contributed by atoms with Crippen LogP contribution < -0.4 is 0 Å². The summed E-state index contributed by atoms with van der Waals surface area (Å²) in [5.41, 5.74) is 2.25. The molecule has 3 aromatic rings. The van der Waals surface area contributed by atoms with E-state index in [1.54, 1.807) is 12.3 Å². The van der Waals surface area contributed by atoms with Crippen molar-refractivity contribution >= 4 is 16.7 Å². The second kappa shape index (κ2) is 4.69. The lowest BCUT2D eigenvalue weighted by atomic mass is 10.1. The zero-order valence-electron chi connectivity index (χ0n) is 10.7. The molecule has 0 aliphatic carbocycles. The van der Waals surface area contributed by atoms with Gasteiger partial charge in [0.25, 0.3) is 0 Å². The Kier molecular flexibility index (Phi) is 2.88. The Morgan fingerprint density at radius 2 is 2.11 bits per heavy atom. The third-order valence-electron chi connectivity index (χ3n) is 3.27. The first-order valence-electron chi connectivity index (χ1n) is 6.34. The molecule has 19 heavy (non-hydrogen) atoms. The van der Waals surface area contributed by atoms with Crippen LogP contribution >= 0.6 is 0 Å². The Balaban J connectivity index is 2.08. The first kappa shape index (κ1) is 11.7. The van der Waals surface area contributed by atoms with Gasteiger partial charge in [-0.05, 0) is 36.6 Å². The van der Waals surface area contributed by atoms with Crippen LogP contribution in [0, 0.1) is 0 Å². The summed E-state index contributed by atoms with van der Waals surface area (Å²) >= 11 is 0. The molecule has 0 unspecified atom stereocenters. The number of aryl methyl sites for hydroxylation is 1. The molecule has 0 aliphatic rings.